The van der Waals surface area contributed by atoms with Crippen LogP contribution in [-0.4, -0.2) is 28.6 Å². The van der Waals surface area contributed by atoms with Gasteiger partial charge >= 0.3 is 6.09 Å². The maximum Gasteiger partial charge on any atom is 0.414 e. The molecule has 0 aromatic rings. The third-order valence-electron chi connectivity index (χ3n) is 5.07. The van der Waals surface area contributed by atoms with Gasteiger partial charge in [-0.3, -0.25) is 4.79 Å². The molecule has 2 rings (SSSR count). The van der Waals surface area contributed by atoms with E-state index in [1.807, 2.05) is 0 Å². The number of hydrogen-bond acceptors (Lipinski definition) is 2. The molecule has 0 radical (unpaired) electrons. The highest BCUT2D eigenvalue weighted by Gasteiger charge is 2.45. The molecule has 4 heteroatoms. The van der Waals surface area contributed by atoms with Crippen LogP contribution in [0.15, 0.2) is 0 Å². The van der Waals surface area contributed by atoms with Crippen LogP contribution in [0.4, 0.5) is 4.79 Å². The van der Waals surface area contributed by atoms with Gasteiger partial charge in [0.2, 0.25) is 5.91 Å². The van der Waals surface area contributed by atoms with Gasteiger partial charge in [0.05, 0.1) is 0 Å². The van der Waals surface area contributed by atoms with Gasteiger partial charge < -0.3 is 5.11 Å². The monoisotopic (exact) mass is 267 g/mol. The van der Waals surface area contributed by atoms with Crippen LogP contribution in [0.1, 0.15) is 46.5 Å². The summed E-state index contributed by atoms with van der Waals surface area (Å²) in [6, 6.07) is 0. The standard InChI is InChI=1S/C15H25NO3/c1-9(2)11-5-4-10(3)8-13(11)12-6-7-16(14(12)17)15(18)19/h9-13H,4-8H2,1-3H3,(H,18,19). The van der Waals surface area contributed by atoms with Crippen molar-refractivity contribution in [3.63, 3.8) is 0 Å². The first kappa shape index (κ1) is 14.4. The molecule has 0 aromatic carbocycles. The molecular formula is C15H25NO3. The molecule has 1 aliphatic carbocycles. The molecule has 4 unspecified atom stereocenters. The van der Waals surface area contributed by atoms with E-state index in [0.717, 1.165) is 11.3 Å². The lowest BCUT2D eigenvalue weighted by molar-refractivity contribution is -0.132. The third kappa shape index (κ3) is 2.77. The molecule has 19 heavy (non-hydrogen) atoms. The zero-order chi connectivity index (χ0) is 14.2. The highest BCUT2D eigenvalue weighted by Crippen LogP contribution is 2.44. The number of nitrogens with zero attached hydrogens (tertiary/aromatic N) is 1. The van der Waals surface area contributed by atoms with Crippen molar-refractivity contribution in [1.29, 1.82) is 0 Å². The molecule has 1 N–H and O–H groups in total. The van der Waals surface area contributed by atoms with Gasteiger partial charge in [-0.05, 0) is 42.9 Å². The van der Waals surface area contributed by atoms with Crippen LogP contribution < -0.4 is 0 Å². The Labute approximate surface area is 115 Å². The van der Waals surface area contributed by atoms with Crippen molar-refractivity contribution in [2.45, 2.75) is 46.5 Å². The second-order valence-electron chi connectivity index (χ2n) is 6.66. The van der Waals surface area contributed by atoms with E-state index >= 15 is 0 Å². The summed E-state index contributed by atoms with van der Waals surface area (Å²) in [5, 5.41) is 9.03. The van der Waals surface area contributed by atoms with E-state index in [-0.39, 0.29) is 11.8 Å². The summed E-state index contributed by atoms with van der Waals surface area (Å²) in [5.41, 5.74) is 0. The lowest BCUT2D eigenvalue weighted by Gasteiger charge is -2.40. The predicted molar refractivity (Wildman–Crippen MR) is 72.7 cm³/mol. The van der Waals surface area contributed by atoms with Crippen molar-refractivity contribution in [3.05, 3.63) is 0 Å². The highest BCUT2D eigenvalue weighted by atomic mass is 16.4. The number of carbonyl (C=O) groups is 2. The lowest BCUT2D eigenvalue weighted by Crippen LogP contribution is -2.39. The van der Waals surface area contributed by atoms with Crippen molar-refractivity contribution >= 4 is 12.0 Å². The average Bonchev–Trinajstić information content (AvgIpc) is 2.70. The smallest absolute Gasteiger partial charge is 0.414 e. The summed E-state index contributed by atoms with van der Waals surface area (Å²) in [4.78, 5) is 24.3. The Hall–Kier alpha value is -1.06. The third-order valence-corrected chi connectivity index (χ3v) is 5.07. The molecular weight excluding hydrogens is 242 g/mol. The number of carboxylic acid groups (broad SMARTS) is 1. The van der Waals surface area contributed by atoms with Gasteiger partial charge in [0.15, 0.2) is 0 Å². The van der Waals surface area contributed by atoms with Crippen molar-refractivity contribution in [1.82, 2.24) is 4.90 Å². The number of amides is 2. The van der Waals surface area contributed by atoms with Crippen molar-refractivity contribution < 1.29 is 14.7 Å². The summed E-state index contributed by atoms with van der Waals surface area (Å²) in [5.74, 6) is 1.96. The Bertz CT molecular complexity index is 366. The van der Waals surface area contributed by atoms with Crippen LogP contribution in [0.25, 0.3) is 0 Å². The molecule has 1 aliphatic heterocycles. The molecule has 2 fully saturated rings. The summed E-state index contributed by atoms with van der Waals surface area (Å²) in [7, 11) is 0. The summed E-state index contributed by atoms with van der Waals surface area (Å²) in [6.07, 6.45) is 3.12. The molecule has 4 atom stereocenters. The fourth-order valence-electron chi connectivity index (χ4n) is 4.03. The minimum Gasteiger partial charge on any atom is -0.465 e. The van der Waals surface area contributed by atoms with E-state index in [4.69, 9.17) is 5.11 Å². The number of rotatable bonds is 2. The van der Waals surface area contributed by atoms with Gasteiger partial charge in [0.25, 0.3) is 0 Å². The van der Waals surface area contributed by atoms with Crippen LogP contribution in [0.2, 0.25) is 0 Å². The first-order chi connectivity index (χ1) is 8.91. The first-order valence-corrected chi connectivity index (χ1v) is 7.46. The number of imide groups is 1. The molecule has 2 amide bonds. The Morgan fingerprint density at radius 3 is 2.53 bits per heavy atom. The fourth-order valence-corrected chi connectivity index (χ4v) is 4.03. The zero-order valence-corrected chi connectivity index (χ0v) is 12.1. The topological polar surface area (TPSA) is 57.6 Å². The van der Waals surface area contributed by atoms with Crippen LogP contribution in [-0.2, 0) is 4.79 Å². The largest absolute Gasteiger partial charge is 0.465 e. The molecule has 1 saturated carbocycles. The van der Waals surface area contributed by atoms with Crippen LogP contribution >= 0.6 is 0 Å². The average molecular weight is 267 g/mol. The van der Waals surface area contributed by atoms with Gasteiger partial charge in [-0.2, -0.15) is 0 Å². The van der Waals surface area contributed by atoms with Crippen molar-refractivity contribution in [2.24, 2.45) is 29.6 Å². The molecule has 0 spiro atoms. The van der Waals surface area contributed by atoms with E-state index in [1.54, 1.807) is 0 Å². The highest BCUT2D eigenvalue weighted by molar-refractivity contribution is 5.94. The lowest BCUT2D eigenvalue weighted by atomic mass is 9.65. The molecule has 1 heterocycles. The Kier molecular flexibility index (Phi) is 4.16. The van der Waals surface area contributed by atoms with Crippen molar-refractivity contribution in [3.8, 4) is 0 Å². The Morgan fingerprint density at radius 2 is 2.00 bits per heavy atom. The van der Waals surface area contributed by atoms with Gasteiger partial charge in [-0.15, -0.1) is 0 Å². The minimum absolute atomic E-state index is 0.0637. The molecule has 2 aliphatic rings. The molecule has 1 saturated heterocycles. The Balaban J connectivity index is 2.14. The normalized spacial score (nSPS) is 36.0. The van der Waals surface area contributed by atoms with Crippen LogP contribution in [0.5, 0.6) is 0 Å². The molecule has 0 bridgehead atoms. The summed E-state index contributed by atoms with van der Waals surface area (Å²) >= 11 is 0. The summed E-state index contributed by atoms with van der Waals surface area (Å²) < 4.78 is 0. The van der Waals surface area contributed by atoms with E-state index in [1.165, 1.54) is 12.8 Å². The summed E-state index contributed by atoms with van der Waals surface area (Å²) in [6.45, 7) is 7.08. The van der Waals surface area contributed by atoms with Crippen molar-refractivity contribution in [2.75, 3.05) is 6.54 Å². The van der Waals surface area contributed by atoms with Crippen LogP contribution in [0.3, 0.4) is 0 Å². The zero-order valence-electron chi connectivity index (χ0n) is 12.1. The second kappa shape index (κ2) is 5.51. The van der Waals surface area contributed by atoms with E-state index in [9.17, 15) is 9.59 Å². The molecule has 4 nitrogen and oxygen atoms in total. The molecule has 0 aromatic heterocycles. The Morgan fingerprint density at radius 1 is 1.32 bits per heavy atom. The number of likely N-dealkylation sites (tertiary alicyclic amines) is 1. The molecule has 108 valence electrons. The van der Waals surface area contributed by atoms with Gasteiger partial charge in [0, 0.05) is 12.5 Å². The van der Waals surface area contributed by atoms with Gasteiger partial charge in [-0.25, -0.2) is 9.69 Å². The number of carbonyl (C=O) groups excluding carboxylic acids is 1. The number of hydrogen-bond donors (Lipinski definition) is 1. The van der Waals surface area contributed by atoms with E-state index < -0.39 is 6.09 Å². The second-order valence-corrected chi connectivity index (χ2v) is 6.66. The maximum absolute atomic E-state index is 12.3. The SMILES string of the molecule is CC1CCC(C(C)C)C(C2CCN(C(=O)O)C2=O)C1. The minimum atomic E-state index is -1.09. The van der Waals surface area contributed by atoms with E-state index in [0.29, 0.717) is 36.6 Å². The predicted octanol–water partition coefficient (Wildman–Crippen LogP) is 3.22. The van der Waals surface area contributed by atoms with Crippen LogP contribution in [0, 0.1) is 29.6 Å². The fraction of sp³-hybridized carbons (Fsp3) is 0.867. The quantitative estimate of drug-likeness (QED) is 0.835. The van der Waals surface area contributed by atoms with E-state index in [2.05, 4.69) is 20.8 Å². The first-order valence-electron chi connectivity index (χ1n) is 7.46. The van der Waals surface area contributed by atoms with Gasteiger partial charge in [0.1, 0.15) is 0 Å². The van der Waals surface area contributed by atoms with Gasteiger partial charge in [-0.1, -0.05) is 27.2 Å². The maximum atomic E-state index is 12.3.